The summed E-state index contributed by atoms with van der Waals surface area (Å²) < 4.78 is 18.5. The minimum Gasteiger partial charge on any atom is -0.481 e. The van der Waals surface area contributed by atoms with E-state index in [-0.39, 0.29) is 17.7 Å². The van der Waals surface area contributed by atoms with Crippen molar-refractivity contribution >= 4 is 5.97 Å². The maximum absolute atomic E-state index is 13.1. The van der Waals surface area contributed by atoms with Gasteiger partial charge in [-0.1, -0.05) is 32.0 Å². The summed E-state index contributed by atoms with van der Waals surface area (Å²) in [4.78, 5) is 15.6. The quantitative estimate of drug-likeness (QED) is 0.672. The molecule has 140 valence electrons. The Balaban J connectivity index is 2.04. The topological polar surface area (TPSA) is 76.2 Å². The van der Waals surface area contributed by atoms with Crippen LogP contribution in [0, 0.1) is 5.82 Å². The lowest BCUT2D eigenvalue weighted by molar-refractivity contribution is -0.136. The van der Waals surface area contributed by atoms with Gasteiger partial charge in [0.15, 0.2) is 0 Å². The van der Waals surface area contributed by atoms with Crippen LogP contribution in [0.1, 0.15) is 38.3 Å². The third kappa shape index (κ3) is 4.22. The standard InChI is InChI=1S/C21H21FN2O3/c1-4-21(2,3)16-10-13(11-18(25)26)9-15(12-16)20-23-19(24-27-20)14-5-7-17(22)8-6-14/h5-10,12H,4,11H2,1-3H3,(H,25,26). The Morgan fingerprint density at radius 3 is 2.48 bits per heavy atom. The summed E-state index contributed by atoms with van der Waals surface area (Å²) >= 11 is 0. The first-order chi connectivity index (χ1) is 12.8. The third-order valence-electron chi connectivity index (χ3n) is 4.79. The molecule has 5 nitrogen and oxygen atoms in total. The maximum Gasteiger partial charge on any atom is 0.307 e. The van der Waals surface area contributed by atoms with Crippen LogP contribution in [0.3, 0.4) is 0 Å². The molecule has 0 aliphatic rings. The molecule has 1 heterocycles. The van der Waals surface area contributed by atoms with Gasteiger partial charge < -0.3 is 9.63 Å². The molecule has 0 aliphatic carbocycles. The number of aliphatic carboxylic acids is 1. The number of carbonyl (C=O) groups is 1. The predicted octanol–water partition coefficient (Wildman–Crippen LogP) is 4.86. The van der Waals surface area contributed by atoms with Crippen molar-refractivity contribution in [2.75, 3.05) is 0 Å². The van der Waals surface area contributed by atoms with Crippen molar-refractivity contribution in [1.82, 2.24) is 10.1 Å². The van der Waals surface area contributed by atoms with E-state index in [1.807, 2.05) is 12.1 Å². The normalized spacial score (nSPS) is 11.6. The van der Waals surface area contributed by atoms with E-state index in [1.54, 1.807) is 18.2 Å². The lowest BCUT2D eigenvalue weighted by Gasteiger charge is -2.24. The molecule has 1 aromatic heterocycles. The van der Waals surface area contributed by atoms with Gasteiger partial charge in [0.1, 0.15) is 5.82 Å². The van der Waals surface area contributed by atoms with Gasteiger partial charge in [-0.3, -0.25) is 4.79 Å². The molecule has 0 atom stereocenters. The smallest absolute Gasteiger partial charge is 0.307 e. The number of aromatic nitrogens is 2. The first kappa shape index (κ1) is 18.8. The lowest BCUT2D eigenvalue weighted by atomic mass is 9.80. The fraction of sp³-hybridized carbons (Fsp3) is 0.286. The zero-order chi connectivity index (χ0) is 19.6. The monoisotopic (exact) mass is 368 g/mol. The van der Waals surface area contributed by atoms with Crippen molar-refractivity contribution in [1.29, 1.82) is 0 Å². The van der Waals surface area contributed by atoms with Crippen LogP contribution in [-0.4, -0.2) is 21.2 Å². The predicted molar refractivity (Wildman–Crippen MR) is 99.8 cm³/mol. The molecule has 0 fully saturated rings. The van der Waals surface area contributed by atoms with E-state index in [1.165, 1.54) is 12.1 Å². The van der Waals surface area contributed by atoms with E-state index in [0.29, 0.717) is 28.4 Å². The lowest BCUT2D eigenvalue weighted by Crippen LogP contribution is -2.16. The van der Waals surface area contributed by atoms with E-state index >= 15 is 0 Å². The van der Waals surface area contributed by atoms with Crippen molar-refractivity contribution in [2.45, 2.75) is 39.0 Å². The Kier molecular flexibility index (Phi) is 5.08. The molecule has 1 N–H and O–H groups in total. The van der Waals surface area contributed by atoms with Crippen LogP contribution in [-0.2, 0) is 16.6 Å². The van der Waals surface area contributed by atoms with Gasteiger partial charge in [-0.15, -0.1) is 0 Å². The number of halogens is 1. The average molecular weight is 368 g/mol. The first-order valence-electron chi connectivity index (χ1n) is 8.75. The second kappa shape index (κ2) is 7.31. The highest BCUT2D eigenvalue weighted by molar-refractivity contribution is 5.72. The average Bonchev–Trinajstić information content (AvgIpc) is 3.11. The number of rotatable bonds is 6. The Morgan fingerprint density at radius 2 is 1.85 bits per heavy atom. The van der Waals surface area contributed by atoms with Crippen LogP contribution in [0.25, 0.3) is 22.8 Å². The van der Waals surface area contributed by atoms with E-state index < -0.39 is 5.97 Å². The fourth-order valence-corrected chi connectivity index (χ4v) is 2.74. The third-order valence-corrected chi connectivity index (χ3v) is 4.79. The van der Waals surface area contributed by atoms with Crippen molar-refractivity contribution in [2.24, 2.45) is 0 Å². The summed E-state index contributed by atoms with van der Waals surface area (Å²) in [5.41, 5.74) is 2.88. The molecule has 3 aromatic rings. The van der Waals surface area contributed by atoms with E-state index in [0.717, 1.165) is 12.0 Å². The van der Waals surface area contributed by atoms with Crippen LogP contribution in [0.5, 0.6) is 0 Å². The van der Waals surface area contributed by atoms with Gasteiger partial charge in [-0.05, 0) is 59.4 Å². The molecule has 3 rings (SSSR count). The molecule has 0 saturated heterocycles. The molecule has 0 saturated carbocycles. The minimum absolute atomic E-state index is 0.0837. The van der Waals surface area contributed by atoms with Crippen LogP contribution < -0.4 is 0 Å². The summed E-state index contributed by atoms with van der Waals surface area (Å²) in [6, 6.07) is 11.5. The molecule has 0 bridgehead atoms. The summed E-state index contributed by atoms with van der Waals surface area (Å²) in [5.74, 6) is -0.583. The Hall–Kier alpha value is -3.02. The number of hydrogen-bond acceptors (Lipinski definition) is 4. The van der Waals surface area contributed by atoms with Crippen LogP contribution in [0.2, 0.25) is 0 Å². The van der Waals surface area contributed by atoms with Gasteiger partial charge in [0.05, 0.1) is 6.42 Å². The second-order valence-corrected chi connectivity index (χ2v) is 7.16. The zero-order valence-corrected chi connectivity index (χ0v) is 15.5. The van der Waals surface area contributed by atoms with Crippen LogP contribution in [0.15, 0.2) is 47.0 Å². The van der Waals surface area contributed by atoms with Gasteiger partial charge in [-0.2, -0.15) is 4.98 Å². The van der Waals surface area contributed by atoms with Crippen molar-refractivity contribution < 1.29 is 18.8 Å². The Labute approximate surface area is 156 Å². The molecule has 6 heteroatoms. The number of nitrogens with zero attached hydrogens (tertiary/aromatic N) is 2. The largest absolute Gasteiger partial charge is 0.481 e. The van der Waals surface area contributed by atoms with Crippen LogP contribution in [0.4, 0.5) is 4.39 Å². The van der Waals surface area contributed by atoms with Crippen LogP contribution >= 0.6 is 0 Å². The molecule has 0 amide bonds. The molecular weight excluding hydrogens is 347 g/mol. The molecular formula is C21H21FN2O3. The molecule has 0 unspecified atom stereocenters. The molecule has 2 aromatic carbocycles. The Morgan fingerprint density at radius 1 is 1.15 bits per heavy atom. The summed E-state index contributed by atoms with van der Waals surface area (Å²) in [7, 11) is 0. The highest BCUT2D eigenvalue weighted by atomic mass is 19.1. The van der Waals surface area contributed by atoms with Crippen molar-refractivity contribution in [3.8, 4) is 22.8 Å². The van der Waals surface area contributed by atoms with E-state index in [4.69, 9.17) is 4.52 Å². The Bertz CT molecular complexity index is 962. The summed E-state index contributed by atoms with van der Waals surface area (Å²) in [6.45, 7) is 6.30. The van der Waals surface area contributed by atoms with Gasteiger partial charge in [0, 0.05) is 11.1 Å². The van der Waals surface area contributed by atoms with Gasteiger partial charge in [0.25, 0.3) is 5.89 Å². The van der Waals surface area contributed by atoms with E-state index in [9.17, 15) is 14.3 Å². The summed E-state index contributed by atoms with van der Waals surface area (Å²) in [5, 5.41) is 13.1. The number of benzene rings is 2. The molecule has 0 spiro atoms. The first-order valence-corrected chi connectivity index (χ1v) is 8.75. The highest BCUT2D eigenvalue weighted by Crippen LogP contribution is 2.32. The number of carboxylic acids is 1. The van der Waals surface area contributed by atoms with Gasteiger partial charge in [-0.25, -0.2) is 4.39 Å². The molecule has 27 heavy (non-hydrogen) atoms. The van der Waals surface area contributed by atoms with Gasteiger partial charge in [0.2, 0.25) is 5.82 Å². The fourth-order valence-electron chi connectivity index (χ4n) is 2.74. The molecule has 0 radical (unpaired) electrons. The number of hydrogen-bond donors (Lipinski definition) is 1. The minimum atomic E-state index is -0.898. The molecule has 0 aliphatic heterocycles. The SMILES string of the molecule is CCC(C)(C)c1cc(CC(=O)O)cc(-c2nc(-c3ccc(F)cc3)no2)c1. The second-order valence-electron chi connectivity index (χ2n) is 7.16. The van der Waals surface area contributed by atoms with E-state index in [2.05, 4.69) is 30.9 Å². The van der Waals surface area contributed by atoms with Crippen molar-refractivity contribution in [3.05, 3.63) is 59.4 Å². The maximum atomic E-state index is 13.1. The number of carboxylic acid groups (broad SMARTS) is 1. The van der Waals surface area contributed by atoms with Crippen molar-refractivity contribution in [3.63, 3.8) is 0 Å². The zero-order valence-electron chi connectivity index (χ0n) is 15.5. The van der Waals surface area contributed by atoms with Gasteiger partial charge >= 0.3 is 5.97 Å². The summed E-state index contributed by atoms with van der Waals surface area (Å²) in [6.07, 6.45) is 0.813. The highest BCUT2D eigenvalue weighted by Gasteiger charge is 2.21.